The van der Waals surface area contributed by atoms with E-state index in [9.17, 15) is 8.42 Å². The number of hydrogen-bond donors (Lipinski definition) is 0. The second-order valence-corrected chi connectivity index (χ2v) is 8.70. The van der Waals surface area contributed by atoms with Crippen LogP contribution in [0.1, 0.15) is 13.8 Å². The molecule has 2 atom stereocenters. The summed E-state index contributed by atoms with van der Waals surface area (Å²) < 4.78 is 27.1. The maximum atomic E-state index is 12.8. The molecule has 1 saturated heterocycles. The zero-order chi connectivity index (χ0) is 17.2. The number of piperazine rings is 1. The van der Waals surface area contributed by atoms with E-state index in [0.29, 0.717) is 18.2 Å². The third-order valence-electron chi connectivity index (χ3n) is 4.21. The van der Waals surface area contributed by atoms with Gasteiger partial charge in [-0.25, -0.2) is 13.4 Å². The molecule has 130 valence electrons. The van der Waals surface area contributed by atoms with Crippen LogP contribution in [0.4, 0.5) is 0 Å². The normalized spacial score (nSPS) is 24.3. The number of aromatic nitrogens is 1. The molecular formula is C15H25ClN4O2S. The van der Waals surface area contributed by atoms with Crippen LogP contribution < -0.4 is 0 Å². The lowest BCUT2D eigenvalue weighted by molar-refractivity contribution is 0.0708. The van der Waals surface area contributed by atoms with Crippen LogP contribution in [-0.2, 0) is 10.0 Å². The first kappa shape index (κ1) is 18.6. The van der Waals surface area contributed by atoms with E-state index in [-0.39, 0.29) is 17.0 Å². The van der Waals surface area contributed by atoms with Crippen molar-refractivity contribution in [2.24, 2.45) is 0 Å². The lowest BCUT2D eigenvalue weighted by Crippen LogP contribution is -2.58. The van der Waals surface area contributed by atoms with Gasteiger partial charge in [-0.2, -0.15) is 4.31 Å². The topological polar surface area (TPSA) is 56.8 Å². The molecule has 8 heteroatoms. The lowest BCUT2D eigenvalue weighted by atomic mass is 10.1. The Morgan fingerprint density at radius 1 is 1.26 bits per heavy atom. The van der Waals surface area contributed by atoms with Crippen LogP contribution in [0.15, 0.2) is 23.2 Å². The molecule has 6 nitrogen and oxygen atoms in total. The van der Waals surface area contributed by atoms with Gasteiger partial charge in [0.2, 0.25) is 10.0 Å². The Morgan fingerprint density at radius 2 is 1.87 bits per heavy atom. The molecule has 0 saturated carbocycles. The van der Waals surface area contributed by atoms with Gasteiger partial charge in [-0.15, -0.1) is 0 Å². The fraction of sp³-hybridized carbons (Fsp3) is 0.667. The van der Waals surface area contributed by atoms with Crippen LogP contribution in [0.2, 0.25) is 5.15 Å². The third-order valence-corrected chi connectivity index (χ3v) is 6.25. The first-order valence-corrected chi connectivity index (χ1v) is 9.56. The van der Waals surface area contributed by atoms with Gasteiger partial charge in [0.1, 0.15) is 10.0 Å². The summed E-state index contributed by atoms with van der Waals surface area (Å²) in [5.74, 6) is 0. The van der Waals surface area contributed by atoms with Crippen molar-refractivity contribution in [1.82, 2.24) is 19.1 Å². The summed E-state index contributed by atoms with van der Waals surface area (Å²) in [6.45, 7) is 7.03. The average Bonchev–Trinajstić information content (AvgIpc) is 2.46. The van der Waals surface area contributed by atoms with Crippen molar-refractivity contribution in [2.75, 3.05) is 40.3 Å². The molecule has 0 bridgehead atoms. The molecule has 0 N–H and O–H groups in total. The molecule has 0 amide bonds. The second-order valence-electron chi connectivity index (χ2n) is 6.38. The van der Waals surface area contributed by atoms with E-state index in [4.69, 9.17) is 11.6 Å². The van der Waals surface area contributed by atoms with E-state index in [0.717, 1.165) is 13.1 Å². The number of pyridine rings is 1. The number of rotatable bonds is 5. The highest BCUT2D eigenvalue weighted by Crippen LogP contribution is 2.23. The summed E-state index contributed by atoms with van der Waals surface area (Å²) in [5.41, 5.74) is 0. The number of sulfonamides is 1. The van der Waals surface area contributed by atoms with Gasteiger partial charge in [-0.1, -0.05) is 11.6 Å². The monoisotopic (exact) mass is 360 g/mol. The molecule has 0 spiro atoms. The Hall–Kier alpha value is -0.730. The number of likely N-dealkylation sites (N-methyl/N-ethyl adjacent to an activating group) is 1. The van der Waals surface area contributed by atoms with Crippen molar-refractivity contribution in [3.8, 4) is 0 Å². The minimum Gasteiger partial charge on any atom is -0.308 e. The van der Waals surface area contributed by atoms with E-state index in [1.54, 1.807) is 4.31 Å². The summed E-state index contributed by atoms with van der Waals surface area (Å²) in [6.07, 6.45) is 1.32. The Bertz CT molecular complexity index is 609. The lowest BCUT2D eigenvalue weighted by Gasteiger charge is -2.44. The number of halogens is 1. The van der Waals surface area contributed by atoms with Gasteiger partial charge >= 0.3 is 0 Å². The standard InChI is InChI=1S/C15H25ClN4O2S/c1-12-10-19(11-13(2)20(12)8-7-18(3)4)23(21,22)14-5-6-15(16)17-9-14/h5-6,9,12-13H,7-8,10-11H2,1-4H3. The minimum atomic E-state index is -3.52. The van der Waals surface area contributed by atoms with Crippen molar-refractivity contribution in [3.05, 3.63) is 23.5 Å². The van der Waals surface area contributed by atoms with E-state index in [1.165, 1.54) is 18.3 Å². The first-order chi connectivity index (χ1) is 10.7. The highest BCUT2D eigenvalue weighted by Gasteiger charge is 2.35. The van der Waals surface area contributed by atoms with Crippen molar-refractivity contribution >= 4 is 21.6 Å². The quantitative estimate of drug-likeness (QED) is 0.742. The van der Waals surface area contributed by atoms with Crippen molar-refractivity contribution < 1.29 is 8.42 Å². The van der Waals surface area contributed by atoms with Gasteiger partial charge in [-0.05, 0) is 40.1 Å². The molecule has 1 aliphatic rings. The van der Waals surface area contributed by atoms with E-state index >= 15 is 0 Å². The van der Waals surface area contributed by atoms with E-state index in [2.05, 4.69) is 28.6 Å². The van der Waals surface area contributed by atoms with Gasteiger partial charge < -0.3 is 4.90 Å². The Morgan fingerprint density at radius 3 is 2.35 bits per heavy atom. The summed E-state index contributed by atoms with van der Waals surface area (Å²) in [4.78, 5) is 8.59. The van der Waals surface area contributed by atoms with Gasteiger partial charge in [-0.3, -0.25) is 4.90 Å². The molecule has 0 aromatic carbocycles. The maximum absolute atomic E-state index is 12.8. The maximum Gasteiger partial charge on any atom is 0.244 e. The van der Waals surface area contributed by atoms with Gasteiger partial charge in [0, 0.05) is 44.5 Å². The minimum absolute atomic E-state index is 0.175. The summed E-state index contributed by atoms with van der Waals surface area (Å²) >= 11 is 5.74. The van der Waals surface area contributed by atoms with Crippen LogP contribution >= 0.6 is 11.6 Å². The van der Waals surface area contributed by atoms with Gasteiger partial charge in [0.15, 0.2) is 0 Å². The first-order valence-electron chi connectivity index (χ1n) is 7.74. The molecule has 2 heterocycles. The van der Waals surface area contributed by atoms with Crippen LogP contribution in [-0.4, -0.2) is 79.9 Å². The Balaban J connectivity index is 2.12. The summed E-state index contributed by atoms with van der Waals surface area (Å²) in [5, 5.41) is 0.291. The molecule has 23 heavy (non-hydrogen) atoms. The summed E-state index contributed by atoms with van der Waals surface area (Å²) in [7, 11) is 0.566. The van der Waals surface area contributed by atoms with Crippen molar-refractivity contribution in [1.29, 1.82) is 0 Å². The fourth-order valence-electron chi connectivity index (χ4n) is 2.92. The molecule has 1 aromatic rings. The molecule has 1 aliphatic heterocycles. The van der Waals surface area contributed by atoms with E-state index < -0.39 is 10.0 Å². The predicted octanol–water partition coefficient (Wildman–Crippen LogP) is 1.38. The fourth-order valence-corrected chi connectivity index (χ4v) is 4.58. The smallest absolute Gasteiger partial charge is 0.244 e. The number of hydrogen-bond acceptors (Lipinski definition) is 5. The Labute approximate surface area is 144 Å². The highest BCUT2D eigenvalue weighted by molar-refractivity contribution is 7.89. The average molecular weight is 361 g/mol. The molecule has 2 unspecified atom stereocenters. The van der Waals surface area contributed by atoms with E-state index in [1.807, 2.05) is 14.1 Å². The zero-order valence-electron chi connectivity index (χ0n) is 14.1. The molecular weight excluding hydrogens is 336 g/mol. The molecule has 0 aliphatic carbocycles. The van der Waals surface area contributed by atoms with Crippen molar-refractivity contribution in [2.45, 2.75) is 30.8 Å². The Kier molecular flexibility index (Phi) is 6.02. The third kappa shape index (κ3) is 4.42. The van der Waals surface area contributed by atoms with Crippen LogP contribution in [0.3, 0.4) is 0 Å². The SMILES string of the molecule is CC1CN(S(=O)(=O)c2ccc(Cl)nc2)CC(C)N1CCN(C)C. The van der Waals surface area contributed by atoms with Crippen molar-refractivity contribution in [3.63, 3.8) is 0 Å². The predicted molar refractivity (Wildman–Crippen MR) is 92.2 cm³/mol. The highest BCUT2D eigenvalue weighted by atomic mass is 35.5. The summed E-state index contributed by atoms with van der Waals surface area (Å²) in [6, 6.07) is 3.37. The molecule has 2 rings (SSSR count). The molecule has 0 radical (unpaired) electrons. The van der Waals surface area contributed by atoms with Gasteiger partial charge in [0.05, 0.1) is 0 Å². The largest absolute Gasteiger partial charge is 0.308 e. The van der Waals surface area contributed by atoms with Crippen LogP contribution in [0.25, 0.3) is 0 Å². The zero-order valence-corrected chi connectivity index (χ0v) is 15.7. The van der Waals surface area contributed by atoms with Crippen LogP contribution in [0, 0.1) is 0 Å². The number of nitrogens with zero attached hydrogens (tertiary/aromatic N) is 4. The molecule has 1 aromatic heterocycles. The van der Waals surface area contributed by atoms with Crippen LogP contribution in [0.5, 0.6) is 0 Å². The second kappa shape index (κ2) is 7.44. The molecule has 1 fully saturated rings. The van der Waals surface area contributed by atoms with Gasteiger partial charge in [0.25, 0.3) is 0 Å².